The third-order valence-corrected chi connectivity index (χ3v) is 3.13. The largest absolute Gasteiger partial charge is 0.381 e. The smallest absolute Gasteiger partial charge is 0.288 e. The number of anilines is 1. The maximum absolute atomic E-state index is 13.6. The molecule has 0 saturated carbocycles. The van der Waals surface area contributed by atoms with E-state index in [0.717, 1.165) is 5.56 Å². The first-order valence-electron chi connectivity index (χ1n) is 5.90. The van der Waals surface area contributed by atoms with Crippen LogP contribution in [0, 0.1) is 22.9 Å². The van der Waals surface area contributed by atoms with Crippen LogP contribution in [0.4, 0.5) is 15.8 Å². The monoisotopic (exact) mass is 294 g/mol. The number of nitro groups is 1. The van der Waals surface area contributed by atoms with Crippen molar-refractivity contribution in [2.45, 2.75) is 13.5 Å². The first-order chi connectivity index (χ1) is 9.47. The molecular formula is C14H12ClFN2O2. The second-order valence-electron chi connectivity index (χ2n) is 4.37. The predicted molar refractivity (Wildman–Crippen MR) is 76.6 cm³/mol. The Kier molecular flexibility index (Phi) is 4.20. The second kappa shape index (κ2) is 5.88. The highest BCUT2D eigenvalue weighted by molar-refractivity contribution is 6.32. The molecule has 0 aromatic heterocycles. The van der Waals surface area contributed by atoms with E-state index in [4.69, 9.17) is 11.6 Å². The van der Waals surface area contributed by atoms with Gasteiger partial charge in [-0.05, 0) is 25.1 Å². The van der Waals surface area contributed by atoms with Crippen molar-refractivity contribution in [2.24, 2.45) is 0 Å². The Morgan fingerprint density at radius 1 is 1.30 bits per heavy atom. The molecule has 1 N–H and O–H groups in total. The van der Waals surface area contributed by atoms with Gasteiger partial charge in [-0.3, -0.25) is 10.1 Å². The number of aryl methyl sites for hydroxylation is 1. The standard InChI is InChI=1S/C14H12ClFN2O2/c1-9-2-4-13(16)10(6-9)8-17-11-3-5-14(18(19)20)12(15)7-11/h2-7,17H,8H2,1H3. The van der Waals surface area contributed by atoms with Crippen LogP contribution in [0.15, 0.2) is 36.4 Å². The van der Waals surface area contributed by atoms with E-state index >= 15 is 0 Å². The summed E-state index contributed by atoms with van der Waals surface area (Å²) >= 11 is 5.81. The quantitative estimate of drug-likeness (QED) is 0.675. The van der Waals surface area contributed by atoms with Crippen LogP contribution in [0.5, 0.6) is 0 Å². The van der Waals surface area contributed by atoms with Crippen molar-refractivity contribution in [3.63, 3.8) is 0 Å². The third kappa shape index (κ3) is 3.24. The fourth-order valence-corrected chi connectivity index (χ4v) is 2.05. The number of nitrogens with one attached hydrogen (secondary N) is 1. The molecular weight excluding hydrogens is 283 g/mol. The third-order valence-electron chi connectivity index (χ3n) is 2.83. The minimum absolute atomic E-state index is 0.0460. The fraction of sp³-hybridized carbons (Fsp3) is 0.143. The Morgan fingerprint density at radius 2 is 2.05 bits per heavy atom. The van der Waals surface area contributed by atoms with E-state index in [1.165, 1.54) is 24.3 Å². The van der Waals surface area contributed by atoms with Gasteiger partial charge in [0.05, 0.1) is 4.92 Å². The lowest BCUT2D eigenvalue weighted by atomic mass is 10.1. The van der Waals surface area contributed by atoms with Gasteiger partial charge in [0.15, 0.2) is 0 Å². The first-order valence-corrected chi connectivity index (χ1v) is 6.28. The van der Waals surface area contributed by atoms with E-state index < -0.39 is 4.92 Å². The Morgan fingerprint density at radius 3 is 2.70 bits per heavy atom. The topological polar surface area (TPSA) is 55.2 Å². The van der Waals surface area contributed by atoms with Crippen molar-refractivity contribution in [1.29, 1.82) is 0 Å². The molecule has 0 aliphatic carbocycles. The molecule has 20 heavy (non-hydrogen) atoms. The summed E-state index contributed by atoms with van der Waals surface area (Å²) < 4.78 is 13.6. The molecule has 0 fully saturated rings. The van der Waals surface area contributed by atoms with Crippen molar-refractivity contribution < 1.29 is 9.31 Å². The minimum Gasteiger partial charge on any atom is -0.381 e. The van der Waals surface area contributed by atoms with Crippen LogP contribution in [-0.2, 0) is 6.54 Å². The lowest BCUT2D eigenvalue weighted by Gasteiger charge is -2.08. The van der Waals surface area contributed by atoms with Gasteiger partial charge in [0.25, 0.3) is 5.69 Å². The van der Waals surface area contributed by atoms with Crippen LogP contribution in [0.25, 0.3) is 0 Å². The van der Waals surface area contributed by atoms with E-state index in [1.807, 2.05) is 6.92 Å². The summed E-state index contributed by atoms with van der Waals surface area (Å²) in [4.78, 5) is 10.1. The number of nitrogens with zero attached hydrogens (tertiary/aromatic N) is 1. The molecule has 0 atom stereocenters. The number of benzene rings is 2. The number of hydrogen-bond donors (Lipinski definition) is 1. The molecule has 6 heteroatoms. The Hall–Kier alpha value is -2.14. The van der Waals surface area contributed by atoms with Crippen molar-refractivity contribution in [3.8, 4) is 0 Å². The number of nitro benzene ring substituents is 1. The number of hydrogen-bond acceptors (Lipinski definition) is 3. The van der Waals surface area contributed by atoms with E-state index in [1.54, 1.807) is 12.1 Å². The first kappa shape index (κ1) is 14.3. The minimum atomic E-state index is -0.549. The highest BCUT2D eigenvalue weighted by Gasteiger charge is 2.12. The molecule has 0 heterocycles. The van der Waals surface area contributed by atoms with Gasteiger partial charge in [0.1, 0.15) is 10.8 Å². The van der Waals surface area contributed by atoms with Gasteiger partial charge in [0, 0.05) is 23.9 Å². The molecule has 0 bridgehead atoms. The SMILES string of the molecule is Cc1ccc(F)c(CNc2ccc([N+](=O)[O-])c(Cl)c2)c1. The molecule has 0 spiro atoms. The van der Waals surface area contributed by atoms with E-state index in [2.05, 4.69) is 5.32 Å². The van der Waals surface area contributed by atoms with Gasteiger partial charge >= 0.3 is 0 Å². The summed E-state index contributed by atoms with van der Waals surface area (Å²) in [5, 5.41) is 13.7. The summed E-state index contributed by atoms with van der Waals surface area (Å²) in [6.07, 6.45) is 0. The lowest BCUT2D eigenvalue weighted by Crippen LogP contribution is -2.02. The van der Waals surface area contributed by atoms with Gasteiger partial charge in [0.2, 0.25) is 0 Å². The maximum atomic E-state index is 13.6. The summed E-state index contributed by atoms with van der Waals surface area (Å²) in [5.41, 5.74) is 1.94. The van der Waals surface area contributed by atoms with Crippen molar-refractivity contribution in [3.05, 3.63) is 68.5 Å². The Labute approximate surface area is 120 Å². The fourth-order valence-electron chi connectivity index (χ4n) is 1.80. The van der Waals surface area contributed by atoms with Gasteiger partial charge in [-0.15, -0.1) is 0 Å². The van der Waals surface area contributed by atoms with Crippen LogP contribution in [-0.4, -0.2) is 4.92 Å². The second-order valence-corrected chi connectivity index (χ2v) is 4.78. The van der Waals surface area contributed by atoms with Crippen molar-refractivity contribution >= 4 is 23.0 Å². The van der Waals surface area contributed by atoms with Crippen LogP contribution >= 0.6 is 11.6 Å². The average molecular weight is 295 g/mol. The van der Waals surface area contributed by atoms with Crippen LogP contribution in [0.1, 0.15) is 11.1 Å². The zero-order chi connectivity index (χ0) is 14.7. The normalized spacial score (nSPS) is 10.3. The van der Waals surface area contributed by atoms with E-state index in [0.29, 0.717) is 11.3 Å². The maximum Gasteiger partial charge on any atom is 0.288 e. The zero-order valence-corrected chi connectivity index (χ0v) is 11.4. The van der Waals surface area contributed by atoms with Gasteiger partial charge < -0.3 is 5.32 Å². The molecule has 0 unspecified atom stereocenters. The molecule has 104 valence electrons. The van der Waals surface area contributed by atoms with Gasteiger partial charge in [-0.2, -0.15) is 0 Å². The summed E-state index contributed by atoms with van der Waals surface area (Å²) in [6, 6.07) is 9.16. The van der Waals surface area contributed by atoms with Crippen LogP contribution in [0.3, 0.4) is 0 Å². The molecule has 0 aliphatic rings. The highest BCUT2D eigenvalue weighted by Crippen LogP contribution is 2.27. The van der Waals surface area contributed by atoms with E-state index in [-0.39, 0.29) is 23.1 Å². The Balaban J connectivity index is 2.13. The molecule has 0 amide bonds. The van der Waals surface area contributed by atoms with Crippen molar-refractivity contribution in [1.82, 2.24) is 0 Å². The van der Waals surface area contributed by atoms with Gasteiger partial charge in [-0.25, -0.2) is 4.39 Å². The molecule has 4 nitrogen and oxygen atoms in total. The summed E-state index contributed by atoms with van der Waals surface area (Å²) in [5.74, 6) is -0.295. The molecule has 0 saturated heterocycles. The van der Waals surface area contributed by atoms with Crippen molar-refractivity contribution in [2.75, 3.05) is 5.32 Å². The predicted octanol–water partition coefficient (Wildman–Crippen LogP) is 4.31. The lowest BCUT2D eigenvalue weighted by molar-refractivity contribution is -0.384. The van der Waals surface area contributed by atoms with Crippen LogP contribution in [0.2, 0.25) is 5.02 Å². The molecule has 2 aromatic rings. The molecule has 2 aromatic carbocycles. The zero-order valence-electron chi connectivity index (χ0n) is 10.7. The summed E-state index contributed by atoms with van der Waals surface area (Å²) in [6.45, 7) is 2.16. The molecule has 2 rings (SSSR count). The number of rotatable bonds is 4. The molecule has 0 aliphatic heterocycles. The summed E-state index contributed by atoms with van der Waals surface area (Å²) in [7, 11) is 0. The van der Waals surface area contributed by atoms with E-state index in [9.17, 15) is 14.5 Å². The Bertz CT molecular complexity index is 662. The van der Waals surface area contributed by atoms with Gasteiger partial charge in [-0.1, -0.05) is 29.3 Å². The molecule has 0 radical (unpaired) electrons. The number of halogens is 2. The van der Waals surface area contributed by atoms with Crippen LogP contribution < -0.4 is 5.32 Å². The highest BCUT2D eigenvalue weighted by atomic mass is 35.5. The average Bonchev–Trinajstić information content (AvgIpc) is 2.39.